The van der Waals surface area contributed by atoms with Crippen LogP contribution in [-0.4, -0.2) is 46.9 Å². The molecule has 2 aromatic rings. The van der Waals surface area contributed by atoms with Gasteiger partial charge in [-0.05, 0) is 18.2 Å². The third-order valence-electron chi connectivity index (χ3n) is 3.54. The van der Waals surface area contributed by atoms with Gasteiger partial charge in [0.15, 0.2) is 0 Å². The maximum Gasteiger partial charge on any atom is 0.257 e. The van der Waals surface area contributed by atoms with Crippen LogP contribution in [0.5, 0.6) is 0 Å². The minimum atomic E-state index is 0.0521. The maximum atomic E-state index is 12.2. The smallest absolute Gasteiger partial charge is 0.257 e. The third kappa shape index (κ3) is 2.88. The lowest BCUT2D eigenvalue weighted by molar-refractivity contribution is 0.0626. The Morgan fingerprint density at radius 1 is 1.20 bits per heavy atom. The van der Waals surface area contributed by atoms with Crippen molar-refractivity contribution in [1.29, 1.82) is 0 Å². The summed E-state index contributed by atoms with van der Waals surface area (Å²) < 4.78 is 4.96. The first kappa shape index (κ1) is 12.9. The van der Waals surface area contributed by atoms with E-state index in [0.29, 0.717) is 5.56 Å². The molecule has 0 aromatic carbocycles. The molecule has 0 N–H and O–H groups in total. The average molecular weight is 271 g/mol. The molecule has 0 saturated carbocycles. The molecule has 0 bridgehead atoms. The molecule has 2 aromatic heterocycles. The van der Waals surface area contributed by atoms with E-state index in [2.05, 4.69) is 9.88 Å². The van der Waals surface area contributed by atoms with Crippen LogP contribution in [0.25, 0.3) is 0 Å². The second-order valence-electron chi connectivity index (χ2n) is 4.90. The molecule has 3 heterocycles. The van der Waals surface area contributed by atoms with Crippen LogP contribution in [0.2, 0.25) is 0 Å². The number of nitrogens with zero attached hydrogens (tertiary/aromatic N) is 3. The lowest BCUT2D eigenvalue weighted by Gasteiger charge is -2.34. The van der Waals surface area contributed by atoms with Crippen LogP contribution in [0.4, 0.5) is 0 Å². The summed E-state index contributed by atoms with van der Waals surface area (Å²) in [5.41, 5.74) is 1.70. The lowest BCUT2D eigenvalue weighted by Crippen LogP contribution is -2.48. The average Bonchev–Trinajstić information content (AvgIpc) is 3.03. The second kappa shape index (κ2) is 5.88. The zero-order valence-corrected chi connectivity index (χ0v) is 11.2. The number of rotatable bonds is 3. The molecule has 5 heteroatoms. The van der Waals surface area contributed by atoms with Crippen LogP contribution in [0, 0.1) is 0 Å². The number of piperazine rings is 1. The molecule has 1 fully saturated rings. The van der Waals surface area contributed by atoms with Crippen molar-refractivity contribution in [2.75, 3.05) is 26.2 Å². The fourth-order valence-corrected chi connectivity index (χ4v) is 2.40. The van der Waals surface area contributed by atoms with E-state index in [1.54, 1.807) is 6.07 Å². The van der Waals surface area contributed by atoms with Crippen molar-refractivity contribution in [3.63, 3.8) is 0 Å². The molecular weight excluding hydrogens is 254 g/mol. The molecule has 0 spiro atoms. The fraction of sp³-hybridized carbons (Fsp3) is 0.333. The first-order valence-electron chi connectivity index (χ1n) is 6.76. The van der Waals surface area contributed by atoms with Gasteiger partial charge in [-0.25, -0.2) is 0 Å². The molecular formula is C15H17N3O2. The van der Waals surface area contributed by atoms with Gasteiger partial charge in [0, 0.05) is 38.9 Å². The van der Waals surface area contributed by atoms with Gasteiger partial charge in [0.2, 0.25) is 0 Å². The number of hydrogen-bond donors (Lipinski definition) is 0. The van der Waals surface area contributed by atoms with E-state index in [9.17, 15) is 4.79 Å². The van der Waals surface area contributed by atoms with Crippen LogP contribution < -0.4 is 0 Å². The quantitative estimate of drug-likeness (QED) is 0.851. The number of aromatic nitrogens is 1. The van der Waals surface area contributed by atoms with Crippen LogP contribution in [-0.2, 0) is 6.54 Å². The molecule has 0 atom stereocenters. The van der Waals surface area contributed by atoms with Gasteiger partial charge in [0.1, 0.15) is 6.26 Å². The Balaban J connectivity index is 1.53. The van der Waals surface area contributed by atoms with Crippen molar-refractivity contribution >= 4 is 5.91 Å². The summed E-state index contributed by atoms with van der Waals surface area (Å²) >= 11 is 0. The molecule has 0 radical (unpaired) electrons. The predicted molar refractivity (Wildman–Crippen MR) is 74.1 cm³/mol. The van der Waals surface area contributed by atoms with E-state index in [0.717, 1.165) is 38.4 Å². The summed E-state index contributed by atoms with van der Waals surface area (Å²) in [6.07, 6.45) is 4.85. The molecule has 3 rings (SSSR count). The van der Waals surface area contributed by atoms with Gasteiger partial charge in [-0.2, -0.15) is 0 Å². The number of furan rings is 1. The van der Waals surface area contributed by atoms with E-state index >= 15 is 0 Å². The fourth-order valence-electron chi connectivity index (χ4n) is 2.40. The highest BCUT2D eigenvalue weighted by molar-refractivity contribution is 5.93. The van der Waals surface area contributed by atoms with Crippen molar-refractivity contribution < 1.29 is 9.21 Å². The van der Waals surface area contributed by atoms with Crippen LogP contribution in [0.3, 0.4) is 0 Å². The van der Waals surface area contributed by atoms with Gasteiger partial charge in [0.25, 0.3) is 5.91 Å². The molecule has 20 heavy (non-hydrogen) atoms. The van der Waals surface area contributed by atoms with E-state index in [-0.39, 0.29) is 5.91 Å². The zero-order chi connectivity index (χ0) is 13.8. The van der Waals surface area contributed by atoms with Crippen LogP contribution in [0.1, 0.15) is 16.1 Å². The SMILES string of the molecule is O=C(c1ccoc1)N1CCN(Cc2ccccn2)CC1. The highest BCUT2D eigenvalue weighted by Gasteiger charge is 2.22. The van der Waals surface area contributed by atoms with E-state index < -0.39 is 0 Å². The summed E-state index contributed by atoms with van der Waals surface area (Å²) in [7, 11) is 0. The van der Waals surface area contributed by atoms with Gasteiger partial charge < -0.3 is 9.32 Å². The Labute approximate surface area is 117 Å². The van der Waals surface area contributed by atoms with Crippen molar-refractivity contribution in [3.8, 4) is 0 Å². The van der Waals surface area contributed by atoms with E-state index in [1.165, 1.54) is 12.5 Å². The van der Waals surface area contributed by atoms with Crippen LogP contribution >= 0.6 is 0 Å². The highest BCUT2D eigenvalue weighted by atomic mass is 16.3. The van der Waals surface area contributed by atoms with Gasteiger partial charge in [-0.3, -0.25) is 14.7 Å². The van der Waals surface area contributed by atoms with E-state index in [1.807, 2.05) is 29.3 Å². The Morgan fingerprint density at radius 2 is 2.05 bits per heavy atom. The molecule has 0 aliphatic carbocycles. The highest BCUT2D eigenvalue weighted by Crippen LogP contribution is 2.11. The number of carbonyl (C=O) groups is 1. The topological polar surface area (TPSA) is 49.6 Å². The number of pyridine rings is 1. The lowest BCUT2D eigenvalue weighted by atomic mass is 10.2. The van der Waals surface area contributed by atoms with Gasteiger partial charge in [-0.1, -0.05) is 6.07 Å². The Bertz CT molecular complexity index is 546. The summed E-state index contributed by atoms with van der Waals surface area (Å²) in [5, 5.41) is 0. The van der Waals surface area contributed by atoms with Crippen molar-refractivity contribution in [2.24, 2.45) is 0 Å². The van der Waals surface area contributed by atoms with Crippen molar-refractivity contribution in [2.45, 2.75) is 6.54 Å². The number of carbonyl (C=O) groups excluding carboxylic acids is 1. The first-order valence-corrected chi connectivity index (χ1v) is 6.76. The Hall–Kier alpha value is -2.14. The molecule has 104 valence electrons. The normalized spacial score (nSPS) is 16.3. The van der Waals surface area contributed by atoms with Crippen LogP contribution in [0.15, 0.2) is 47.4 Å². The first-order chi connectivity index (χ1) is 9.83. The maximum absolute atomic E-state index is 12.2. The standard InChI is InChI=1S/C15H17N3O2/c19-15(13-4-10-20-12-13)18-8-6-17(7-9-18)11-14-3-1-2-5-16-14/h1-5,10,12H,6-9,11H2. The largest absolute Gasteiger partial charge is 0.472 e. The molecule has 1 aliphatic rings. The molecule has 0 unspecified atom stereocenters. The summed E-state index contributed by atoms with van der Waals surface area (Å²) in [5.74, 6) is 0.0521. The second-order valence-corrected chi connectivity index (χ2v) is 4.90. The van der Waals surface area contributed by atoms with Gasteiger partial charge in [0.05, 0.1) is 17.5 Å². The molecule has 1 saturated heterocycles. The Morgan fingerprint density at radius 3 is 2.70 bits per heavy atom. The zero-order valence-electron chi connectivity index (χ0n) is 11.2. The minimum Gasteiger partial charge on any atom is -0.472 e. The summed E-state index contributed by atoms with van der Waals surface area (Å²) in [6.45, 7) is 4.09. The van der Waals surface area contributed by atoms with Gasteiger partial charge >= 0.3 is 0 Å². The summed E-state index contributed by atoms with van der Waals surface area (Å²) in [6, 6.07) is 7.66. The number of amides is 1. The molecule has 5 nitrogen and oxygen atoms in total. The van der Waals surface area contributed by atoms with E-state index in [4.69, 9.17) is 4.42 Å². The Kier molecular flexibility index (Phi) is 3.78. The molecule has 1 amide bonds. The molecule has 1 aliphatic heterocycles. The van der Waals surface area contributed by atoms with Crippen molar-refractivity contribution in [1.82, 2.24) is 14.8 Å². The minimum absolute atomic E-state index is 0.0521. The monoisotopic (exact) mass is 271 g/mol. The third-order valence-corrected chi connectivity index (χ3v) is 3.54. The predicted octanol–water partition coefficient (Wildman–Crippen LogP) is 1.63. The van der Waals surface area contributed by atoms with Gasteiger partial charge in [-0.15, -0.1) is 0 Å². The summed E-state index contributed by atoms with van der Waals surface area (Å²) in [4.78, 5) is 20.7. The number of hydrogen-bond acceptors (Lipinski definition) is 4. The van der Waals surface area contributed by atoms with Crippen molar-refractivity contribution in [3.05, 3.63) is 54.2 Å².